The number of nitrogens with two attached hydrogens (primary N) is 4. The van der Waals surface area contributed by atoms with Crippen molar-refractivity contribution < 1.29 is 58.3 Å². The topological polar surface area (TPSA) is 289 Å². The Labute approximate surface area is 224 Å². The summed E-state index contributed by atoms with van der Waals surface area (Å²) in [5.74, 6) is -3.88. The van der Waals surface area contributed by atoms with E-state index in [4.69, 9.17) is 42.6 Å². The van der Waals surface area contributed by atoms with Crippen LogP contribution in [-0.2, 0) is 61.0 Å². The van der Waals surface area contributed by atoms with Crippen molar-refractivity contribution >= 4 is 23.9 Å². The molecule has 2 aromatic rings. The van der Waals surface area contributed by atoms with E-state index in [1.807, 2.05) is 0 Å². The van der Waals surface area contributed by atoms with E-state index >= 15 is 0 Å². The fourth-order valence-corrected chi connectivity index (χ4v) is 2.52. The Kier molecular flexibility index (Phi) is 15.1. The number of aromatic amines is 2. The molecular weight excluding hydrogens is 546 g/mol. The summed E-state index contributed by atoms with van der Waals surface area (Å²) >= 11 is 0. The molecule has 0 fully saturated rings. The zero-order valence-electron chi connectivity index (χ0n) is 20.4. The number of carboxylic acids is 2. The molecule has 0 aliphatic rings. The Morgan fingerprint density at radius 1 is 0.784 bits per heavy atom. The summed E-state index contributed by atoms with van der Waals surface area (Å²) in [6, 6.07) is -4.33. The molecule has 0 aromatic carbocycles. The zero-order valence-corrected chi connectivity index (χ0v) is 23.4. The van der Waals surface area contributed by atoms with Crippen LogP contribution in [0.4, 0.5) is 0 Å². The van der Waals surface area contributed by atoms with Crippen molar-refractivity contribution in [3.63, 3.8) is 0 Å². The number of ether oxygens (including phenoxy) is 2. The standard InChI is InChI=1S/2C10H16N4O4.Zn/c2*1-5(8(12)9(15)16)18-10(17)7(11)2-6-3-13-4-14-6;/h2*3-5,7-8H,2,11-12H2,1H3,(H,13,14)(H,15,16);/t2*5-,7+,8+;/m11./s1. The third-order valence-electron chi connectivity index (χ3n) is 4.78. The number of nitrogens with zero attached hydrogens (tertiary/aromatic N) is 2. The number of carbonyl (C=O) groups is 4. The second-order valence-corrected chi connectivity index (χ2v) is 7.79. The summed E-state index contributed by atoms with van der Waals surface area (Å²) in [5, 5.41) is 17.3. The van der Waals surface area contributed by atoms with Crippen LogP contribution in [-0.4, -0.2) is 90.4 Å². The average Bonchev–Trinajstić information content (AvgIpc) is 3.52. The van der Waals surface area contributed by atoms with Gasteiger partial charge in [0.05, 0.1) is 12.7 Å². The first-order chi connectivity index (χ1) is 16.8. The first-order valence-corrected chi connectivity index (χ1v) is 10.7. The average molecular weight is 578 g/mol. The van der Waals surface area contributed by atoms with Crippen LogP contribution in [0.25, 0.3) is 0 Å². The van der Waals surface area contributed by atoms with Crippen LogP contribution in [0.3, 0.4) is 0 Å². The van der Waals surface area contributed by atoms with Crippen LogP contribution in [0.2, 0.25) is 0 Å². The van der Waals surface area contributed by atoms with Crippen LogP contribution in [0.15, 0.2) is 25.0 Å². The summed E-state index contributed by atoms with van der Waals surface area (Å²) in [4.78, 5) is 57.5. The molecule has 202 valence electrons. The van der Waals surface area contributed by atoms with Crippen LogP contribution >= 0.6 is 0 Å². The van der Waals surface area contributed by atoms with Crippen LogP contribution < -0.4 is 22.9 Å². The van der Waals surface area contributed by atoms with Crippen LogP contribution in [0.5, 0.6) is 0 Å². The molecule has 2 heterocycles. The first kappa shape index (κ1) is 33.8. The van der Waals surface area contributed by atoms with Gasteiger partial charge in [0.2, 0.25) is 0 Å². The summed E-state index contributed by atoms with van der Waals surface area (Å²) in [6.07, 6.45) is 4.60. The van der Waals surface area contributed by atoms with Gasteiger partial charge in [-0.2, -0.15) is 0 Å². The SMILES string of the molecule is C[C@@H](OC(=O)[C@@H](N)Cc1cnc[nH]1)[C@H](N)C(=O)O.C[C@@H](OC(=O)[C@@H](N)Cc1cnc[nH]1)[C@H](N)C(=O)O.[Zn]. The summed E-state index contributed by atoms with van der Waals surface area (Å²) < 4.78 is 9.76. The van der Waals surface area contributed by atoms with Crippen molar-refractivity contribution in [2.75, 3.05) is 0 Å². The van der Waals surface area contributed by atoms with E-state index in [1.165, 1.54) is 26.5 Å². The van der Waals surface area contributed by atoms with Gasteiger partial charge in [-0.25, -0.2) is 9.97 Å². The smallest absolute Gasteiger partial charge is 0.324 e. The molecule has 0 spiro atoms. The molecule has 17 heteroatoms. The fraction of sp³-hybridized carbons (Fsp3) is 0.500. The first-order valence-electron chi connectivity index (χ1n) is 10.7. The molecule has 0 aliphatic heterocycles. The number of aliphatic carboxylic acids is 2. The Bertz CT molecular complexity index is 897. The third kappa shape index (κ3) is 12.0. The number of H-pyrrole nitrogens is 2. The maximum absolute atomic E-state index is 11.6. The molecule has 0 amide bonds. The van der Waals surface area contributed by atoms with Gasteiger partial charge in [-0.15, -0.1) is 0 Å². The predicted molar refractivity (Wildman–Crippen MR) is 123 cm³/mol. The van der Waals surface area contributed by atoms with Crippen molar-refractivity contribution in [3.05, 3.63) is 36.4 Å². The number of imidazole rings is 2. The van der Waals surface area contributed by atoms with E-state index in [0.717, 1.165) is 0 Å². The van der Waals surface area contributed by atoms with Crippen LogP contribution in [0.1, 0.15) is 25.2 Å². The summed E-state index contributed by atoms with van der Waals surface area (Å²) in [6.45, 7) is 2.80. The van der Waals surface area contributed by atoms with Crippen molar-refractivity contribution in [2.45, 2.75) is 63.1 Å². The maximum atomic E-state index is 11.6. The normalized spacial score (nSPS) is 15.3. The number of nitrogens with one attached hydrogen (secondary N) is 2. The minimum absolute atomic E-state index is 0. The molecule has 2 aromatic heterocycles. The van der Waals surface area contributed by atoms with Crippen LogP contribution in [0, 0.1) is 0 Å². The monoisotopic (exact) mass is 576 g/mol. The molecule has 0 aliphatic carbocycles. The molecule has 0 radical (unpaired) electrons. The fourth-order valence-electron chi connectivity index (χ4n) is 2.52. The van der Waals surface area contributed by atoms with Gasteiger partial charge >= 0.3 is 23.9 Å². The zero-order chi connectivity index (χ0) is 27.4. The van der Waals surface area contributed by atoms with Gasteiger partial charge in [0.1, 0.15) is 36.4 Å². The van der Waals surface area contributed by atoms with E-state index in [0.29, 0.717) is 11.4 Å². The Balaban J connectivity index is 0.000000682. The molecule has 0 saturated carbocycles. The Hall–Kier alpha value is -3.24. The van der Waals surface area contributed by atoms with Gasteiger partial charge in [-0.1, -0.05) is 0 Å². The van der Waals surface area contributed by atoms with E-state index in [-0.39, 0.29) is 32.3 Å². The third-order valence-corrected chi connectivity index (χ3v) is 4.78. The van der Waals surface area contributed by atoms with Crippen molar-refractivity contribution in [3.8, 4) is 0 Å². The largest absolute Gasteiger partial charge is 0.480 e. The van der Waals surface area contributed by atoms with E-state index in [1.54, 1.807) is 12.4 Å². The van der Waals surface area contributed by atoms with Gasteiger partial charge in [0.15, 0.2) is 0 Å². The molecule has 2 rings (SSSR count). The molecular formula is C20H32N8O8Zn. The number of hydrogen-bond donors (Lipinski definition) is 8. The molecule has 16 nitrogen and oxygen atoms in total. The second-order valence-electron chi connectivity index (χ2n) is 7.79. The summed E-state index contributed by atoms with van der Waals surface area (Å²) in [7, 11) is 0. The quantitative estimate of drug-likeness (QED) is 0.0936. The number of esters is 2. The van der Waals surface area contributed by atoms with Crippen molar-refractivity contribution in [1.82, 2.24) is 19.9 Å². The molecule has 6 atom stereocenters. The van der Waals surface area contributed by atoms with Crippen molar-refractivity contribution in [2.24, 2.45) is 22.9 Å². The second kappa shape index (κ2) is 16.5. The van der Waals surface area contributed by atoms with Crippen molar-refractivity contribution in [1.29, 1.82) is 0 Å². The Morgan fingerprint density at radius 3 is 1.35 bits per heavy atom. The minimum atomic E-state index is -1.27. The maximum Gasteiger partial charge on any atom is 0.324 e. The number of aromatic nitrogens is 4. The number of hydrogen-bond acceptors (Lipinski definition) is 12. The minimum Gasteiger partial charge on any atom is -0.480 e. The summed E-state index contributed by atoms with van der Waals surface area (Å²) in [5.41, 5.74) is 23.2. The number of carbonyl (C=O) groups excluding carboxylic acids is 2. The molecule has 12 N–H and O–H groups in total. The predicted octanol–water partition coefficient (Wildman–Crippen LogP) is -2.76. The van der Waals surface area contributed by atoms with Gasteiger partial charge in [0.25, 0.3) is 0 Å². The van der Waals surface area contributed by atoms with Gasteiger partial charge in [-0.3, -0.25) is 19.2 Å². The van der Waals surface area contributed by atoms with Gasteiger partial charge in [-0.05, 0) is 13.8 Å². The van der Waals surface area contributed by atoms with Gasteiger partial charge < -0.3 is 52.6 Å². The van der Waals surface area contributed by atoms with E-state index in [2.05, 4.69) is 19.9 Å². The molecule has 0 bridgehead atoms. The van der Waals surface area contributed by atoms with E-state index in [9.17, 15) is 19.2 Å². The molecule has 0 saturated heterocycles. The van der Waals surface area contributed by atoms with Gasteiger partial charge in [0, 0.05) is 56.1 Å². The number of rotatable bonds is 12. The Morgan fingerprint density at radius 2 is 1.11 bits per heavy atom. The van der Waals surface area contributed by atoms with E-state index < -0.39 is 60.3 Å². The molecule has 37 heavy (non-hydrogen) atoms. The molecule has 0 unspecified atom stereocenters. The number of carboxylic acid groups (broad SMARTS) is 2.